The van der Waals surface area contributed by atoms with E-state index in [0.717, 1.165) is 0 Å². The van der Waals surface area contributed by atoms with Gasteiger partial charge in [-0.3, -0.25) is 0 Å². The Morgan fingerprint density at radius 3 is 1.14 bits per heavy atom. The highest BCUT2D eigenvalue weighted by Gasteiger charge is 2.35. The smallest absolute Gasteiger partial charge is 0.0277 e. The number of rotatable bonds is 14. The molecule has 0 heterocycles. The molecule has 0 nitrogen and oxygen atoms in total. The molecule has 0 radical (unpaired) electrons. The number of hydrogen-bond acceptors (Lipinski definition) is 0. The van der Waals surface area contributed by atoms with Gasteiger partial charge in [-0.15, -0.1) is 0 Å². The lowest BCUT2D eigenvalue weighted by Gasteiger charge is -2.43. The van der Waals surface area contributed by atoms with Gasteiger partial charge >= 0.3 is 0 Å². The predicted molar refractivity (Wildman–Crippen MR) is 104 cm³/mol. The van der Waals surface area contributed by atoms with Crippen LogP contribution in [0.3, 0.4) is 0 Å². The standard InChI is InChI=1S/C22H46/c1-7-9-11-13-14-15-16-18-20-22(6,21(3,4)5)19-17-12-10-8-2/h7-20H2,1-6H3. The molecule has 0 amide bonds. The zero-order valence-corrected chi connectivity index (χ0v) is 16.9. The monoisotopic (exact) mass is 310 g/mol. The first kappa shape index (κ1) is 22.0. The summed E-state index contributed by atoms with van der Waals surface area (Å²) < 4.78 is 0. The molecule has 0 aliphatic rings. The van der Waals surface area contributed by atoms with E-state index in [1.54, 1.807) is 0 Å². The normalized spacial score (nSPS) is 15.0. The minimum atomic E-state index is 0.445. The molecule has 22 heavy (non-hydrogen) atoms. The summed E-state index contributed by atoms with van der Waals surface area (Å²) in [6.07, 6.45) is 20.0. The van der Waals surface area contributed by atoms with Gasteiger partial charge in [0.15, 0.2) is 0 Å². The summed E-state index contributed by atoms with van der Waals surface area (Å²) in [6, 6.07) is 0. The van der Waals surface area contributed by atoms with E-state index in [1.165, 1.54) is 89.9 Å². The summed E-state index contributed by atoms with van der Waals surface area (Å²) in [4.78, 5) is 0. The highest BCUT2D eigenvalue weighted by molar-refractivity contribution is 4.86. The molecule has 0 rings (SSSR count). The van der Waals surface area contributed by atoms with E-state index in [4.69, 9.17) is 0 Å². The van der Waals surface area contributed by atoms with Crippen LogP contribution in [0.4, 0.5) is 0 Å². The molecule has 0 aliphatic carbocycles. The van der Waals surface area contributed by atoms with Crippen LogP contribution in [0.5, 0.6) is 0 Å². The van der Waals surface area contributed by atoms with Gasteiger partial charge in [-0.25, -0.2) is 0 Å². The van der Waals surface area contributed by atoms with E-state index in [9.17, 15) is 0 Å². The maximum Gasteiger partial charge on any atom is -0.0277 e. The first-order valence-electron chi connectivity index (χ1n) is 10.4. The molecule has 0 fully saturated rings. The predicted octanol–water partition coefficient (Wildman–Crippen LogP) is 8.54. The van der Waals surface area contributed by atoms with Crippen molar-refractivity contribution < 1.29 is 0 Å². The van der Waals surface area contributed by atoms with Gasteiger partial charge in [-0.2, -0.15) is 0 Å². The van der Waals surface area contributed by atoms with Crippen molar-refractivity contribution in [2.75, 3.05) is 0 Å². The first-order valence-corrected chi connectivity index (χ1v) is 10.4. The van der Waals surface area contributed by atoms with Crippen molar-refractivity contribution in [2.24, 2.45) is 10.8 Å². The van der Waals surface area contributed by atoms with Crippen LogP contribution in [-0.4, -0.2) is 0 Å². The molecule has 0 N–H and O–H groups in total. The SMILES string of the molecule is CCCCCCCCCCC(C)(CCCCCC)C(C)(C)C. The largest absolute Gasteiger partial charge is 0.0654 e. The summed E-state index contributed by atoms with van der Waals surface area (Å²) in [5.41, 5.74) is 0.975. The van der Waals surface area contributed by atoms with E-state index < -0.39 is 0 Å². The topological polar surface area (TPSA) is 0 Å². The molecule has 1 unspecified atom stereocenters. The van der Waals surface area contributed by atoms with Crippen LogP contribution in [0.15, 0.2) is 0 Å². The fourth-order valence-corrected chi connectivity index (χ4v) is 3.47. The molecule has 1 atom stereocenters. The average molecular weight is 311 g/mol. The first-order chi connectivity index (χ1) is 10.4. The zero-order chi connectivity index (χ0) is 16.9. The molecule has 0 aliphatic heterocycles. The van der Waals surface area contributed by atoms with E-state index in [1.807, 2.05) is 0 Å². The van der Waals surface area contributed by atoms with Crippen LogP contribution in [0.1, 0.15) is 131 Å². The lowest BCUT2D eigenvalue weighted by Crippen LogP contribution is -2.32. The maximum atomic E-state index is 2.56. The van der Waals surface area contributed by atoms with Gasteiger partial charge in [0.1, 0.15) is 0 Å². The van der Waals surface area contributed by atoms with E-state index >= 15 is 0 Å². The molecule has 0 saturated carbocycles. The minimum Gasteiger partial charge on any atom is -0.0654 e. The Hall–Kier alpha value is 0. The second-order valence-electron chi connectivity index (χ2n) is 8.85. The van der Waals surface area contributed by atoms with Gasteiger partial charge in [-0.05, 0) is 23.7 Å². The highest BCUT2D eigenvalue weighted by atomic mass is 14.4. The third-order valence-electron chi connectivity index (χ3n) is 5.97. The quantitative estimate of drug-likeness (QED) is 0.282. The fourth-order valence-electron chi connectivity index (χ4n) is 3.47. The van der Waals surface area contributed by atoms with Crippen molar-refractivity contribution >= 4 is 0 Å². The number of unbranched alkanes of at least 4 members (excludes halogenated alkanes) is 10. The molecule has 0 aromatic carbocycles. The van der Waals surface area contributed by atoms with Crippen LogP contribution < -0.4 is 0 Å². The molecule has 0 saturated heterocycles. The van der Waals surface area contributed by atoms with Gasteiger partial charge in [-0.1, -0.05) is 119 Å². The zero-order valence-electron chi connectivity index (χ0n) is 16.9. The van der Waals surface area contributed by atoms with Gasteiger partial charge in [0, 0.05) is 0 Å². The van der Waals surface area contributed by atoms with Crippen molar-refractivity contribution in [3.8, 4) is 0 Å². The van der Waals surface area contributed by atoms with E-state index in [-0.39, 0.29) is 0 Å². The molecule has 0 aromatic rings. The van der Waals surface area contributed by atoms with Gasteiger partial charge in [0.25, 0.3) is 0 Å². The molecule has 0 bridgehead atoms. The fraction of sp³-hybridized carbons (Fsp3) is 1.00. The number of hydrogen-bond donors (Lipinski definition) is 0. The molecule has 134 valence electrons. The summed E-state index contributed by atoms with van der Waals surface area (Å²) in [7, 11) is 0. The molecule has 0 heteroatoms. The van der Waals surface area contributed by atoms with Gasteiger partial charge in [0.05, 0.1) is 0 Å². The minimum absolute atomic E-state index is 0.445. The van der Waals surface area contributed by atoms with Crippen LogP contribution in [0.25, 0.3) is 0 Å². The third-order valence-corrected chi connectivity index (χ3v) is 5.97. The van der Waals surface area contributed by atoms with Crippen molar-refractivity contribution in [3.05, 3.63) is 0 Å². The van der Waals surface area contributed by atoms with Crippen LogP contribution in [-0.2, 0) is 0 Å². The third kappa shape index (κ3) is 9.90. The summed E-state index contributed by atoms with van der Waals surface area (Å²) in [5, 5.41) is 0. The van der Waals surface area contributed by atoms with Crippen molar-refractivity contribution in [1.29, 1.82) is 0 Å². The Morgan fingerprint density at radius 1 is 0.455 bits per heavy atom. The second-order valence-corrected chi connectivity index (χ2v) is 8.85. The Kier molecular flexibility index (Phi) is 12.4. The molecular formula is C22H46. The lowest BCUT2D eigenvalue weighted by atomic mass is 9.63. The Morgan fingerprint density at radius 2 is 0.773 bits per heavy atom. The Balaban J connectivity index is 3.94. The van der Waals surface area contributed by atoms with E-state index in [2.05, 4.69) is 41.5 Å². The molecular weight excluding hydrogens is 264 g/mol. The van der Waals surface area contributed by atoms with Gasteiger partial charge in [0.2, 0.25) is 0 Å². The summed E-state index contributed by atoms with van der Waals surface area (Å²) in [5.74, 6) is 0. The van der Waals surface area contributed by atoms with Crippen molar-refractivity contribution in [1.82, 2.24) is 0 Å². The second kappa shape index (κ2) is 12.4. The average Bonchev–Trinajstić information content (AvgIpc) is 2.45. The van der Waals surface area contributed by atoms with Crippen LogP contribution >= 0.6 is 0 Å². The van der Waals surface area contributed by atoms with Crippen LogP contribution in [0.2, 0.25) is 0 Å². The Bertz CT molecular complexity index is 235. The highest BCUT2D eigenvalue weighted by Crippen LogP contribution is 2.46. The summed E-state index contributed by atoms with van der Waals surface area (Å²) in [6.45, 7) is 14.5. The van der Waals surface area contributed by atoms with Crippen molar-refractivity contribution in [3.63, 3.8) is 0 Å². The lowest BCUT2D eigenvalue weighted by molar-refractivity contribution is 0.0777. The molecule has 0 aromatic heterocycles. The summed E-state index contributed by atoms with van der Waals surface area (Å²) >= 11 is 0. The van der Waals surface area contributed by atoms with Crippen molar-refractivity contribution in [2.45, 2.75) is 131 Å². The van der Waals surface area contributed by atoms with Gasteiger partial charge < -0.3 is 0 Å². The Labute approximate surface area is 142 Å². The van der Waals surface area contributed by atoms with Crippen LogP contribution in [0, 0.1) is 10.8 Å². The molecule has 0 spiro atoms. The van der Waals surface area contributed by atoms with E-state index in [0.29, 0.717) is 10.8 Å². The maximum absolute atomic E-state index is 2.56.